The molecule has 0 amide bonds. The van der Waals surface area contributed by atoms with Crippen LogP contribution < -0.4 is 10.1 Å². The number of anilines is 1. The van der Waals surface area contributed by atoms with Crippen LogP contribution in [0.5, 0.6) is 5.75 Å². The summed E-state index contributed by atoms with van der Waals surface area (Å²) in [5.41, 5.74) is 1.66. The first-order chi connectivity index (χ1) is 9.17. The molecule has 1 aromatic carbocycles. The molecular weight excluding hydrogens is 245 g/mol. The number of rotatable bonds is 4. The molecule has 0 fully saturated rings. The minimum Gasteiger partial charge on any atom is -0.494 e. The molecule has 1 heterocycles. The van der Waals surface area contributed by atoms with Crippen LogP contribution in [0.2, 0.25) is 0 Å². The highest BCUT2D eigenvalue weighted by Crippen LogP contribution is 2.25. The molecule has 2 aromatic rings. The first-order valence-corrected chi connectivity index (χ1v) is 6.07. The third-order valence-corrected chi connectivity index (χ3v) is 2.81. The Balaban J connectivity index is 2.51. The molecule has 0 atom stereocenters. The fourth-order valence-corrected chi connectivity index (χ4v) is 1.73. The highest BCUT2D eigenvalue weighted by Gasteiger charge is 2.09. The van der Waals surface area contributed by atoms with E-state index in [2.05, 4.69) is 15.3 Å². The van der Waals surface area contributed by atoms with Crippen molar-refractivity contribution in [1.29, 1.82) is 0 Å². The second-order valence-corrected chi connectivity index (χ2v) is 4.02. The molecule has 0 aliphatic carbocycles. The van der Waals surface area contributed by atoms with Gasteiger partial charge in [0.25, 0.3) is 0 Å². The molecule has 0 aliphatic heterocycles. The van der Waals surface area contributed by atoms with Crippen molar-refractivity contribution in [3.63, 3.8) is 0 Å². The number of nitrogens with one attached hydrogen (secondary N) is 1. The number of hydrogen-bond acceptors (Lipinski definition) is 4. The van der Waals surface area contributed by atoms with E-state index in [1.807, 2.05) is 13.0 Å². The molecule has 100 valence electrons. The fraction of sp³-hybridized carbons (Fsp3) is 0.286. The monoisotopic (exact) mass is 261 g/mol. The van der Waals surface area contributed by atoms with Gasteiger partial charge in [0.15, 0.2) is 17.4 Å². The summed E-state index contributed by atoms with van der Waals surface area (Å²) >= 11 is 0. The number of aromatic nitrogens is 2. The van der Waals surface area contributed by atoms with E-state index in [0.717, 1.165) is 23.5 Å². The molecule has 4 nitrogen and oxygen atoms in total. The summed E-state index contributed by atoms with van der Waals surface area (Å²) < 4.78 is 18.4. The van der Waals surface area contributed by atoms with E-state index in [1.54, 1.807) is 19.2 Å². The molecule has 0 radical (unpaired) electrons. The van der Waals surface area contributed by atoms with Gasteiger partial charge < -0.3 is 10.1 Å². The van der Waals surface area contributed by atoms with Gasteiger partial charge in [-0.1, -0.05) is 6.92 Å². The average molecular weight is 261 g/mol. The lowest BCUT2D eigenvalue weighted by Gasteiger charge is -2.08. The molecule has 0 aliphatic rings. The van der Waals surface area contributed by atoms with Gasteiger partial charge >= 0.3 is 0 Å². The summed E-state index contributed by atoms with van der Waals surface area (Å²) in [7, 11) is 3.24. The van der Waals surface area contributed by atoms with Gasteiger partial charge in [0.05, 0.1) is 7.11 Å². The Kier molecular flexibility index (Phi) is 3.94. The van der Waals surface area contributed by atoms with Gasteiger partial charge in [-0.15, -0.1) is 0 Å². The van der Waals surface area contributed by atoms with Crippen molar-refractivity contribution in [2.75, 3.05) is 19.5 Å². The predicted molar refractivity (Wildman–Crippen MR) is 72.9 cm³/mol. The maximum Gasteiger partial charge on any atom is 0.165 e. The van der Waals surface area contributed by atoms with Crippen LogP contribution in [0.3, 0.4) is 0 Å². The van der Waals surface area contributed by atoms with Gasteiger partial charge in [0.2, 0.25) is 0 Å². The third kappa shape index (κ3) is 2.81. The van der Waals surface area contributed by atoms with E-state index in [0.29, 0.717) is 5.82 Å². The zero-order chi connectivity index (χ0) is 13.8. The van der Waals surface area contributed by atoms with Gasteiger partial charge in [-0.2, -0.15) is 0 Å². The lowest BCUT2D eigenvalue weighted by atomic mass is 10.2. The van der Waals surface area contributed by atoms with Crippen LogP contribution in [0.1, 0.15) is 12.6 Å². The first-order valence-electron chi connectivity index (χ1n) is 6.07. The largest absolute Gasteiger partial charge is 0.494 e. The van der Waals surface area contributed by atoms with E-state index in [9.17, 15) is 4.39 Å². The van der Waals surface area contributed by atoms with Crippen LogP contribution in [0.4, 0.5) is 10.2 Å². The Morgan fingerprint density at radius 1 is 1.26 bits per heavy atom. The summed E-state index contributed by atoms with van der Waals surface area (Å²) in [6, 6.07) is 6.50. The summed E-state index contributed by atoms with van der Waals surface area (Å²) in [6.07, 6.45) is 0.808. The van der Waals surface area contributed by atoms with Crippen LogP contribution >= 0.6 is 0 Å². The molecule has 19 heavy (non-hydrogen) atoms. The van der Waals surface area contributed by atoms with Crippen LogP contribution in [0.25, 0.3) is 11.4 Å². The maximum atomic E-state index is 13.4. The fourth-order valence-electron chi connectivity index (χ4n) is 1.73. The number of methoxy groups -OCH3 is 1. The number of nitrogens with zero attached hydrogens (tertiary/aromatic N) is 2. The van der Waals surface area contributed by atoms with E-state index < -0.39 is 5.82 Å². The summed E-state index contributed by atoms with van der Waals surface area (Å²) in [4.78, 5) is 8.82. The van der Waals surface area contributed by atoms with Crippen LogP contribution in [0, 0.1) is 5.82 Å². The molecule has 0 unspecified atom stereocenters. The van der Waals surface area contributed by atoms with Crippen molar-refractivity contribution < 1.29 is 9.13 Å². The van der Waals surface area contributed by atoms with Gasteiger partial charge in [-0.05, 0) is 24.6 Å². The van der Waals surface area contributed by atoms with Gasteiger partial charge in [-0.3, -0.25) is 0 Å². The second-order valence-electron chi connectivity index (χ2n) is 4.02. The van der Waals surface area contributed by atoms with E-state index in [4.69, 9.17) is 4.74 Å². The number of halogens is 1. The van der Waals surface area contributed by atoms with Crippen LogP contribution in [-0.4, -0.2) is 24.1 Å². The molecule has 2 rings (SSSR count). The molecule has 0 spiro atoms. The highest BCUT2D eigenvalue weighted by molar-refractivity contribution is 5.60. The van der Waals surface area contributed by atoms with Crippen molar-refractivity contribution in [1.82, 2.24) is 9.97 Å². The first kappa shape index (κ1) is 13.3. The zero-order valence-electron chi connectivity index (χ0n) is 11.2. The Hall–Kier alpha value is -2.17. The minimum absolute atomic E-state index is 0.189. The highest BCUT2D eigenvalue weighted by atomic mass is 19.1. The standard InChI is InChI=1S/C14H16FN3O/c1-4-10-8-13(16-2)18-14(17-10)9-5-6-11(15)12(7-9)19-3/h5-8H,4H2,1-3H3,(H,16,17,18). The number of benzene rings is 1. The quantitative estimate of drug-likeness (QED) is 0.919. The Morgan fingerprint density at radius 2 is 2.05 bits per heavy atom. The van der Waals surface area contributed by atoms with Crippen LogP contribution in [0.15, 0.2) is 24.3 Å². The van der Waals surface area contributed by atoms with Gasteiger partial charge in [-0.25, -0.2) is 14.4 Å². The third-order valence-electron chi connectivity index (χ3n) is 2.81. The molecule has 1 aromatic heterocycles. The zero-order valence-corrected chi connectivity index (χ0v) is 11.2. The van der Waals surface area contributed by atoms with E-state index in [1.165, 1.54) is 13.2 Å². The van der Waals surface area contributed by atoms with Crippen LogP contribution in [-0.2, 0) is 6.42 Å². The maximum absolute atomic E-state index is 13.4. The van der Waals surface area contributed by atoms with Crippen molar-refractivity contribution in [2.45, 2.75) is 13.3 Å². The molecule has 0 bridgehead atoms. The van der Waals surface area contributed by atoms with Crippen molar-refractivity contribution in [3.05, 3.63) is 35.8 Å². The Labute approximate surface area is 111 Å². The minimum atomic E-state index is -0.397. The second kappa shape index (κ2) is 5.65. The smallest absolute Gasteiger partial charge is 0.165 e. The molecule has 5 heteroatoms. The molecule has 0 saturated carbocycles. The van der Waals surface area contributed by atoms with Gasteiger partial charge in [0, 0.05) is 24.4 Å². The lowest BCUT2D eigenvalue weighted by molar-refractivity contribution is 0.387. The molecule has 1 N–H and O–H groups in total. The number of ether oxygens (including phenoxy) is 1. The van der Waals surface area contributed by atoms with Crippen molar-refractivity contribution >= 4 is 5.82 Å². The Morgan fingerprint density at radius 3 is 2.68 bits per heavy atom. The van der Waals surface area contributed by atoms with Gasteiger partial charge in [0.1, 0.15) is 5.82 Å². The normalized spacial score (nSPS) is 10.3. The van der Waals surface area contributed by atoms with E-state index >= 15 is 0 Å². The summed E-state index contributed by atoms with van der Waals surface area (Å²) in [5, 5.41) is 3.00. The lowest BCUT2D eigenvalue weighted by Crippen LogP contribution is -2.00. The molecule has 0 saturated heterocycles. The number of hydrogen-bond donors (Lipinski definition) is 1. The topological polar surface area (TPSA) is 47.0 Å². The number of aryl methyl sites for hydroxylation is 1. The van der Waals surface area contributed by atoms with Crippen molar-refractivity contribution in [3.8, 4) is 17.1 Å². The predicted octanol–water partition coefficient (Wildman–Crippen LogP) is 2.90. The van der Waals surface area contributed by atoms with E-state index in [-0.39, 0.29) is 5.75 Å². The summed E-state index contributed by atoms with van der Waals surface area (Å²) in [6.45, 7) is 2.02. The molecular formula is C14H16FN3O. The summed E-state index contributed by atoms with van der Waals surface area (Å²) in [5.74, 6) is 1.09. The van der Waals surface area contributed by atoms with Crippen molar-refractivity contribution in [2.24, 2.45) is 0 Å². The average Bonchev–Trinajstić information content (AvgIpc) is 2.47. The SMILES string of the molecule is CCc1cc(NC)nc(-c2ccc(F)c(OC)c2)n1. The Bertz CT molecular complexity index is 565.